The predicted octanol–water partition coefficient (Wildman–Crippen LogP) is 3.86. The summed E-state index contributed by atoms with van der Waals surface area (Å²) < 4.78 is 2.06. The van der Waals surface area contributed by atoms with Gasteiger partial charge in [0, 0.05) is 29.7 Å². The highest BCUT2D eigenvalue weighted by atomic mass is 16.2. The topological polar surface area (TPSA) is 63.1 Å². The first-order valence-corrected chi connectivity index (χ1v) is 10.6. The number of nitrogens with one attached hydrogen (secondary N) is 1. The van der Waals surface area contributed by atoms with Gasteiger partial charge in [-0.2, -0.15) is 4.98 Å². The quantitative estimate of drug-likeness (QED) is 0.509. The van der Waals surface area contributed by atoms with E-state index in [1.54, 1.807) is 4.90 Å². The maximum Gasteiger partial charge on any atom is 0.298 e. The number of anilines is 1. The van der Waals surface area contributed by atoms with Crippen molar-refractivity contribution < 1.29 is 4.79 Å². The van der Waals surface area contributed by atoms with E-state index < -0.39 is 0 Å². The van der Waals surface area contributed by atoms with Crippen LogP contribution < -0.4 is 5.32 Å². The molecular formula is C26H23N5O. The second-order valence-corrected chi connectivity index (χ2v) is 7.94. The Morgan fingerprint density at radius 3 is 2.72 bits per heavy atom. The van der Waals surface area contributed by atoms with Crippen LogP contribution in [0.1, 0.15) is 22.5 Å². The van der Waals surface area contributed by atoms with Crippen molar-refractivity contribution in [2.24, 2.45) is 0 Å². The number of carbonyl (C=O) groups excluding carboxylic acids is 1. The summed E-state index contributed by atoms with van der Waals surface area (Å²) in [6.07, 6.45) is 6.02. The Morgan fingerprint density at radius 2 is 1.91 bits per heavy atom. The Kier molecular flexibility index (Phi) is 5.08. The molecule has 0 bridgehead atoms. The van der Waals surface area contributed by atoms with Gasteiger partial charge in [-0.15, -0.1) is 6.42 Å². The third-order valence-electron chi connectivity index (χ3n) is 5.86. The Bertz CT molecular complexity index is 1350. The summed E-state index contributed by atoms with van der Waals surface area (Å²) in [5, 5.41) is 4.64. The molecule has 1 aliphatic rings. The van der Waals surface area contributed by atoms with Crippen molar-refractivity contribution in [1.29, 1.82) is 0 Å². The molecule has 0 saturated heterocycles. The van der Waals surface area contributed by atoms with Gasteiger partial charge in [0.25, 0.3) is 5.91 Å². The molecule has 3 heterocycles. The molecule has 5 rings (SSSR count). The number of hydrogen-bond donors (Lipinski definition) is 1. The number of amides is 1. The summed E-state index contributed by atoms with van der Waals surface area (Å²) >= 11 is 0. The van der Waals surface area contributed by atoms with Crippen LogP contribution in [0, 0.1) is 19.3 Å². The van der Waals surface area contributed by atoms with Crippen molar-refractivity contribution in [1.82, 2.24) is 19.4 Å². The maximum atomic E-state index is 12.1. The third-order valence-corrected chi connectivity index (χ3v) is 5.86. The SMILES string of the molecule is C#CC(=O)N1CCc2c(nc(-n3c(C)cc4ccccc43)nc2NCc2ccccc2)C1. The van der Waals surface area contributed by atoms with Gasteiger partial charge in [0.15, 0.2) is 0 Å². The Labute approximate surface area is 186 Å². The Balaban J connectivity index is 1.60. The molecule has 1 N–H and O–H groups in total. The highest BCUT2D eigenvalue weighted by Crippen LogP contribution is 2.28. The molecule has 158 valence electrons. The molecule has 0 spiro atoms. The lowest BCUT2D eigenvalue weighted by molar-refractivity contribution is -0.126. The number of carbonyl (C=O) groups is 1. The first-order chi connectivity index (χ1) is 15.6. The van der Waals surface area contributed by atoms with Gasteiger partial charge in [0.2, 0.25) is 5.95 Å². The van der Waals surface area contributed by atoms with Crippen LogP contribution in [0.2, 0.25) is 0 Å². The summed E-state index contributed by atoms with van der Waals surface area (Å²) in [5.41, 5.74) is 5.14. The van der Waals surface area contributed by atoms with Crippen LogP contribution in [-0.2, 0) is 24.3 Å². The zero-order valence-electron chi connectivity index (χ0n) is 17.9. The van der Waals surface area contributed by atoms with Gasteiger partial charge in [-0.1, -0.05) is 48.5 Å². The minimum Gasteiger partial charge on any atom is -0.366 e. The highest BCUT2D eigenvalue weighted by molar-refractivity contribution is 5.93. The normalized spacial score (nSPS) is 12.9. The van der Waals surface area contributed by atoms with E-state index in [-0.39, 0.29) is 5.91 Å². The summed E-state index contributed by atoms with van der Waals surface area (Å²) in [4.78, 5) is 23.6. The van der Waals surface area contributed by atoms with Crippen LogP contribution in [0.25, 0.3) is 16.9 Å². The van der Waals surface area contributed by atoms with Gasteiger partial charge in [-0.05, 0) is 37.0 Å². The van der Waals surface area contributed by atoms with Crippen LogP contribution >= 0.6 is 0 Å². The van der Waals surface area contributed by atoms with Gasteiger partial charge in [-0.3, -0.25) is 9.36 Å². The standard InChI is InChI=1S/C26H23N5O/c1-3-24(32)30-14-13-21-22(17-30)28-26(29-25(21)27-16-19-9-5-4-6-10-19)31-18(2)15-20-11-7-8-12-23(20)31/h1,4-12,15H,13-14,16-17H2,2H3,(H,27,28,29). The third kappa shape index (κ3) is 3.58. The first kappa shape index (κ1) is 19.8. The summed E-state index contributed by atoms with van der Waals surface area (Å²) in [7, 11) is 0. The molecule has 32 heavy (non-hydrogen) atoms. The fourth-order valence-corrected chi connectivity index (χ4v) is 4.27. The number of terminal acetylenes is 1. The van der Waals surface area contributed by atoms with Gasteiger partial charge in [0.1, 0.15) is 5.82 Å². The average Bonchev–Trinajstić information content (AvgIpc) is 3.17. The van der Waals surface area contributed by atoms with Gasteiger partial charge in [-0.25, -0.2) is 4.98 Å². The summed E-state index contributed by atoms with van der Waals surface area (Å²) in [5.74, 6) is 3.31. The fraction of sp³-hybridized carbons (Fsp3) is 0.192. The molecule has 0 saturated carbocycles. The van der Waals surface area contributed by atoms with Crippen molar-refractivity contribution in [3.8, 4) is 18.3 Å². The van der Waals surface area contributed by atoms with E-state index >= 15 is 0 Å². The van der Waals surface area contributed by atoms with Gasteiger partial charge < -0.3 is 10.2 Å². The summed E-state index contributed by atoms with van der Waals surface area (Å²) in [6.45, 7) is 3.65. The predicted molar refractivity (Wildman–Crippen MR) is 125 cm³/mol. The molecule has 1 amide bonds. The number of aryl methyl sites for hydroxylation is 1. The van der Waals surface area contributed by atoms with Crippen molar-refractivity contribution in [2.45, 2.75) is 26.4 Å². The van der Waals surface area contributed by atoms with E-state index in [2.05, 4.69) is 46.1 Å². The number of para-hydroxylation sites is 1. The zero-order valence-corrected chi connectivity index (χ0v) is 17.9. The molecule has 6 nitrogen and oxygen atoms in total. The minimum atomic E-state index is -0.308. The van der Waals surface area contributed by atoms with E-state index in [1.165, 1.54) is 5.56 Å². The largest absolute Gasteiger partial charge is 0.366 e. The monoisotopic (exact) mass is 421 g/mol. The lowest BCUT2D eigenvalue weighted by Gasteiger charge is -2.28. The molecule has 0 unspecified atom stereocenters. The number of benzene rings is 2. The van der Waals surface area contributed by atoms with Crippen molar-refractivity contribution in [3.05, 3.63) is 83.2 Å². The maximum absolute atomic E-state index is 12.1. The molecule has 0 fully saturated rings. The smallest absolute Gasteiger partial charge is 0.298 e. The van der Waals surface area contributed by atoms with E-state index in [4.69, 9.17) is 16.4 Å². The number of nitrogens with zero attached hydrogens (tertiary/aromatic N) is 4. The molecule has 0 atom stereocenters. The van der Waals surface area contributed by atoms with Crippen LogP contribution in [0.15, 0.2) is 60.7 Å². The molecule has 2 aromatic carbocycles. The minimum absolute atomic E-state index is 0.308. The van der Waals surface area contributed by atoms with Crippen LogP contribution in [0.5, 0.6) is 0 Å². The Morgan fingerprint density at radius 1 is 1.12 bits per heavy atom. The molecule has 6 heteroatoms. The van der Waals surface area contributed by atoms with Crippen molar-refractivity contribution >= 4 is 22.6 Å². The van der Waals surface area contributed by atoms with Crippen LogP contribution in [-0.4, -0.2) is 31.9 Å². The highest BCUT2D eigenvalue weighted by Gasteiger charge is 2.25. The number of hydrogen-bond acceptors (Lipinski definition) is 4. The second-order valence-electron chi connectivity index (χ2n) is 7.94. The van der Waals surface area contributed by atoms with Crippen LogP contribution in [0.3, 0.4) is 0 Å². The lowest BCUT2D eigenvalue weighted by Crippen LogP contribution is -2.36. The molecular weight excluding hydrogens is 398 g/mol. The van der Waals surface area contributed by atoms with E-state index in [0.29, 0.717) is 32.0 Å². The Hall–Kier alpha value is -4.11. The van der Waals surface area contributed by atoms with E-state index in [0.717, 1.165) is 33.7 Å². The van der Waals surface area contributed by atoms with Crippen molar-refractivity contribution in [2.75, 3.05) is 11.9 Å². The summed E-state index contributed by atoms with van der Waals surface area (Å²) in [6, 6.07) is 20.5. The number of fused-ring (bicyclic) bond motifs is 2. The van der Waals surface area contributed by atoms with Gasteiger partial charge in [0.05, 0.1) is 17.8 Å². The zero-order chi connectivity index (χ0) is 22.1. The van der Waals surface area contributed by atoms with Crippen molar-refractivity contribution in [3.63, 3.8) is 0 Å². The molecule has 0 aliphatic carbocycles. The van der Waals surface area contributed by atoms with E-state index in [9.17, 15) is 4.79 Å². The lowest BCUT2D eigenvalue weighted by atomic mass is 10.1. The molecule has 0 radical (unpaired) electrons. The van der Waals surface area contributed by atoms with E-state index in [1.807, 2.05) is 37.3 Å². The van der Waals surface area contributed by atoms with Crippen LogP contribution in [0.4, 0.5) is 5.82 Å². The van der Waals surface area contributed by atoms with Gasteiger partial charge >= 0.3 is 0 Å². The molecule has 1 aliphatic heterocycles. The second kappa shape index (κ2) is 8.20. The average molecular weight is 422 g/mol. The number of aromatic nitrogens is 3. The first-order valence-electron chi connectivity index (χ1n) is 10.6. The fourth-order valence-electron chi connectivity index (χ4n) is 4.27. The molecule has 4 aromatic rings. The molecule has 2 aromatic heterocycles. The number of rotatable bonds is 4.